The van der Waals surface area contributed by atoms with Crippen molar-refractivity contribution < 1.29 is 0 Å². The van der Waals surface area contributed by atoms with Crippen LogP contribution in [0.4, 0.5) is 11.4 Å². The van der Waals surface area contributed by atoms with E-state index in [0.717, 1.165) is 34.1 Å². The molecule has 2 aromatic carbocycles. The van der Waals surface area contributed by atoms with Crippen LogP contribution in [0.2, 0.25) is 5.02 Å². The summed E-state index contributed by atoms with van der Waals surface area (Å²) in [6.07, 6.45) is 0. The number of benzene rings is 2. The van der Waals surface area contributed by atoms with Gasteiger partial charge in [0.1, 0.15) is 0 Å². The van der Waals surface area contributed by atoms with Crippen LogP contribution in [0.3, 0.4) is 0 Å². The van der Waals surface area contributed by atoms with Crippen molar-refractivity contribution in [1.29, 1.82) is 0 Å². The molecule has 0 amide bonds. The third kappa shape index (κ3) is 2.92. The lowest BCUT2D eigenvalue weighted by molar-refractivity contribution is 1.14. The maximum absolute atomic E-state index is 6.06. The van der Waals surface area contributed by atoms with E-state index in [1.165, 1.54) is 0 Å². The van der Waals surface area contributed by atoms with E-state index in [2.05, 4.69) is 5.32 Å². The van der Waals surface area contributed by atoms with Crippen molar-refractivity contribution in [2.75, 3.05) is 11.1 Å². The van der Waals surface area contributed by atoms with E-state index in [-0.39, 0.29) is 0 Å². The summed E-state index contributed by atoms with van der Waals surface area (Å²) < 4.78 is 0. The van der Waals surface area contributed by atoms with Gasteiger partial charge in [0.2, 0.25) is 0 Å². The van der Waals surface area contributed by atoms with Gasteiger partial charge in [0.25, 0.3) is 0 Å². The smallest absolute Gasteiger partial charge is 0.0455 e. The Balaban J connectivity index is 2.10. The molecule has 0 aliphatic heterocycles. The first-order valence-electron chi connectivity index (χ1n) is 5.50. The molecule has 0 unspecified atom stereocenters. The monoisotopic (exact) mass is 246 g/mol. The van der Waals surface area contributed by atoms with Crippen LogP contribution in [-0.2, 0) is 6.54 Å². The Morgan fingerprint density at radius 2 is 1.94 bits per heavy atom. The van der Waals surface area contributed by atoms with Gasteiger partial charge in [0, 0.05) is 22.9 Å². The van der Waals surface area contributed by atoms with Crippen LogP contribution in [-0.4, -0.2) is 0 Å². The predicted octanol–water partition coefficient (Wildman–Crippen LogP) is 3.84. The highest BCUT2D eigenvalue weighted by Gasteiger charge is 2.01. The summed E-state index contributed by atoms with van der Waals surface area (Å²) in [6, 6.07) is 13.7. The van der Waals surface area contributed by atoms with Crippen molar-refractivity contribution in [2.24, 2.45) is 0 Å². The van der Waals surface area contributed by atoms with E-state index in [0.29, 0.717) is 0 Å². The Hall–Kier alpha value is -1.67. The molecule has 0 radical (unpaired) electrons. The quantitative estimate of drug-likeness (QED) is 0.808. The highest BCUT2D eigenvalue weighted by atomic mass is 35.5. The van der Waals surface area contributed by atoms with Gasteiger partial charge >= 0.3 is 0 Å². The van der Waals surface area contributed by atoms with Crippen LogP contribution in [0.1, 0.15) is 11.1 Å². The number of anilines is 2. The second-order valence-electron chi connectivity index (χ2n) is 4.01. The molecule has 0 spiro atoms. The molecule has 2 rings (SSSR count). The minimum absolute atomic E-state index is 0.742. The molecular weight excluding hydrogens is 232 g/mol. The van der Waals surface area contributed by atoms with E-state index in [1.807, 2.05) is 49.4 Å². The Morgan fingerprint density at radius 3 is 2.71 bits per heavy atom. The molecule has 17 heavy (non-hydrogen) atoms. The number of halogens is 1. The van der Waals surface area contributed by atoms with E-state index < -0.39 is 0 Å². The lowest BCUT2D eigenvalue weighted by atomic mass is 10.1. The molecule has 0 saturated carbocycles. The van der Waals surface area contributed by atoms with Crippen LogP contribution >= 0.6 is 11.6 Å². The minimum Gasteiger partial charge on any atom is -0.399 e. The van der Waals surface area contributed by atoms with Crippen LogP contribution in [0.15, 0.2) is 42.5 Å². The lowest BCUT2D eigenvalue weighted by Crippen LogP contribution is -2.01. The Morgan fingerprint density at radius 1 is 1.18 bits per heavy atom. The number of nitrogens with one attached hydrogen (secondary N) is 1. The second-order valence-corrected chi connectivity index (χ2v) is 4.42. The zero-order valence-corrected chi connectivity index (χ0v) is 10.5. The average Bonchev–Trinajstić information content (AvgIpc) is 2.31. The molecule has 0 aromatic heterocycles. The Kier molecular flexibility index (Phi) is 3.55. The van der Waals surface area contributed by atoms with Gasteiger partial charge in [-0.2, -0.15) is 0 Å². The Labute approximate surface area is 106 Å². The molecule has 0 fully saturated rings. The molecule has 0 aliphatic rings. The van der Waals surface area contributed by atoms with Crippen molar-refractivity contribution in [3.05, 3.63) is 58.6 Å². The number of rotatable bonds is 3. The predicted molar refractivity (Wildman–Crippen MR) is 74.4 cm³/mol. The third-order valence-corrected chi connectivity index (χ3v) is 3.11. The molecule has 3 heteroatoms. The molecule has 0 atom stereocenters. The molecule has 3 N–H and O–H groups in total. The van der Waals surface area contributed by atoms with E-state index in [4.69, 9.17) is 17.3 Å². The molecule has 0 bridgehead atoms. The molecule has 88 valence electrons. The summed E-state index contributed by atoms with van der Waals surface area (Å²) in [4.78, 5) is 0. The van der Waals surface area contributed by atoms with Gasteiger partial charge in [-0.05, 0) is 42.3 Å². The number of hydrogen-bond donors (Lipinski definition) is 2. The summed E-state index contributed by atoms with van der Waals surface area (Å²) in [6.45, 7) is 2.75. The van der Waals surface area contributed by atoms with Gasteiger partial charge < -0.3 is 11.1 Å². The van der Waals surface area contributed by atoms with Crippen LogP contribution in [0, 0.1) is 6.92 Å². The van der Waals surface area contributed by atoms with Crippen molar-refractivity contribution >= 4 is 23.0 Å². The van der Waals surface area contributed by atoms with E-state index >= 15 is 0 Å². The number of nitrogens with two attached hydrogens (primary N) is 1. The Bertz CT molecular complexity index is 523. The fourth-order valence-electron chi connectivity index (χ4n) is 1.70. The maximum atomic E-state index is 6.06. The summed E-state index contributed by atoms with van der Waals surface area (Å²) in [5.41, 5.74) is 9.80. The molecule has 0 saturated heterocycles. The first-order valence-corrected chi connectivity index (χ1v) is 5.88. The second kappa shape index (κ2) is 5.11. The van der Waals surface area contributed by atoms with Gasteiger partial charge in [0.15, 0.2) is 0 Å². The van der Waals surface area contributed by atoms with E-state index in [9.17, 15) is 0 Å². The van der Waals surface area contributed by atoms with Gasteiger partial charge in [-0.3, -0.25) is 0 Å². The fraction of sp³-hybridized carbons (Fsp3) is 0.143. The van der Waals surface area contributed by atoms with Gasteiger partial charge in [-0.15, -0.1) is 0 Å². The highest BCUT2D eigenvalue weighted by Crippen LogP contribution is 2.23. The minimum atomic E-state index is 0.742. The largest absolute Gasteiger partial charge is 0.399 e. The van der Waals surface area contributed by atoms with Crippen LogP contribution in [0.25, 0.3) is 0 Å². The summed E-state index contributed by atoms with van der Waals surface area (Å²) in [5, 5.41) is 4.14. The maximum Gasteiger partial charge on any atom is 0.0455 e. The third-order valence-electron chi connectivity index (χ3n) is 2.70. The van der Waals surface area contributed by atoms with E-state index in [1.54, 1.807) is 0 Å². The van der Waals surface area contributed by atoms with Crippen LogP contribution < -0.4 is 11.1 Å². The lowest BCUT2D eigenvalue weighted by Gasteiger charge is -2.10. The number of nitrogen functional groups attached to an aromatic ring is 1. The molecule has 2 nitrogen and oxygen atoms in total. The van der Waals surface area contributed by atoms with Crippen molar-refractivity contribution in [3.8, 4) is 0 Å². The molecule has 2 aromatic rings. The molecular formula is C14H15ClN2. The summed E-state index contributed by atoms with van der Waals surface area (Å²) in [7, 11) is 0. The number of hydrogen-bond acceptors (Lipinski definition) is 2. The average molecular weight is 247 g/mol. The summed E-state index contributed by atoms with van der Waals surface area (Å²) in [5.74, 6) is 0. The van der Waals surface area contributed by atoms with Gasteiger partial charge in [-0.1, -0.05) is 29.8 Å². The highest BCUT2D eigenvalue weighted by molar-refractivity contribution is 6.31. The van der Waals surface area contributed by atoms with Crippen molar-refractivity contribution in [2.45, 2.75) is 13.5 Å². The van der Waals surface area contributed by atoms with Gasteiger partial charge in [-0.25, -0.2) is 0 Å². The summed E-state index contributed by atoms with van der Waals surface area (Å²) >= 11 is 6.06. The van der Waals surface area contributed by atoms with Crippen molar-refractivity contribution in [1.82, 2.24) is 0 Å². The van der Waals surface area contributed by atoms with Crippen LogP contribution in [0.5, 0.6) is 0 Å². The first kappa shape index (κ1) is 11.8. The zero-order valence-electron chi connectivity index (χ0n) is 9.70. The zero-order chi connectivity index (χ0) is 12.3. The topological polar surface area (TPSA) is 38.0 Å². The fourth-order valence-corrected chi connectivity index (χ4v) is 1.87. The molecule has 0 heterocycles. The standard InChI is InChI=1S/C14H15ClN2/c1-10-13(15)6-3-7-14(10)17-9-11-4-2-5-12(16)8-11/h2-8,17H,9,16H2,1H3. The molecule has 0 aliphatic carbocycles. The first-order chi connectivity index (χ1) is 8.16. The SMILES string of the molecule is Cc1c(Cl)cccc1NCc1cccc(N)c1. The van der Waals surface area contributed by atoms with Gasteiger partial charge in [0.05, 0.1) is 0 Å². The van der Waals surface area contributed by atoms with Crippen molar-refractivity contribution in [3.63, 3.8) is 0 Å². The normalized spacial score (nSPS) is 10.2.